The number of carbonyl (C=O) groups excluding carboxylic acids is 1. The first-order chi connectivity index (χ1) is 10.7. The molecule has 1 aromatic heterocycles. The third-order valence-corrected chi connectivity index (χ3v) is 4.77. The molecular weight excluding hydrogens is 278 g/mol. The maximum absolute atomic E-state index is 11.4. The van der Waals surface area contributed by atoms with Crippen molar-refractivity contribution in [3.63, 3.8) is 0 Å². The van der Waals surface area contributed by atoms with Gasteiger partial charge in [0.2, 0.25) is 5.91 Å². The van der Waals surface area contributed by atoms with Crippen LogP contribution in [0, 0.1) is 5.92 Å². The summed E-state index contributed by atoms with van der Waals surface area (Å²) in [5, 5.41) is 3.49. The number of hydrogen-bond acceptors (Lipinski definition) is 5. The van der Waals surface area contributed by atoms with Gasteiger partial charge >= 0.3 is 0 Å². The molecule has 2 aliphatic rings. The number of piperidine rings is 1. The number of carbonyl (C=O) groups is 1. The third-order valence-electron chi connectivity index (χ3n) is 4.77. The van der Waals surface area contributed by atoms with Crippen LogP contribution in [0.4, 0.5) is 5.82 Å². The summed E-state index contributed by atoms with van der Waals surface area (Å²) in [7, 11) is 0. The minimum atomic E-state index is 0.218. The van der Waals surface area contributed by atoms with Crippen LogP contribution < -0.4 is 5.32 Å². The molecule has 0 spiro atoms. The lowest BCUT2D eigenvalue weighted by Gasteiger charge is -2.34. The fourth-order valence-corrected chi connectivity index (χ4v) is 3.48. The molecule has 0 aliphatic carbocycles. The van der Waals surface area contributed by atoms with Crippen LogP contribution in [0.25, 0.3) is 0 Å². The summed E-state index contributed by atoms with van der Waals surface area (Å²) in [6.07, 6.45) is 6.79. The molecule has 1 atom stereocenters. The Morgan fingerprint density at radius 1 is 1.32 bits per heavy atom. The van der Waals surface area contributed by atoms with E-state index in [0.29, 0.717) is 12.0 Å². The Morgan fingerprint density at radius 3 is 2.77 bits per heavy atom. The van der Waals surface area contributed by atoms with Gasteiger partial charge in [-0.25, -0.2) is 9.97 Å². The number of hydrogen-bond donors (Lipinski definition) is 1. The second kappa shape index (κ2) is 7.05. The van der Waals surface area contributed by atoms with Crippen molar-refractivity contribution >= 4 is 11.7 Å². The average molecular weight is 303 g/mol. The van der Waals surface area contributed by atoms with Crippen molar-refractivity contribution in [2.24, 2.45) is 5.92 Å². The Balaban J connectivity index is 1.40. The summed E-state index contributed by atoms with van der Waals surface area (Å²) < 4.78 is 0. The van der Waals surface area contributed by atoms with E-state index in [1.54, 1.807) is 19.4 Å². The zero-order chi connectivity index (χ0) is 15.4. The SMILES string of the molecule is CC(=O)N1CCC(CN2CCC(Nc3ccncn3)CC2)C1. The predicted octanol–water partition coefficient (Wildman–Crippen LogP) is 1.22. The quantitative estimate of drug-likeness (QED) is 0.906. The van der Waals surface area contributed by atoms with Gasteiger partial charge in [0, 0.05) is 51.9 Å². The van der Waals surface area contributed by atoms with Gasteiger partial charge in [-0.15, -0.1) is 0 Å². The summed E-state index contributed by atoms with van der Waals surface area (Å²) in [6.45, 7) is 6.93. The minimum Gasteiger partial charge on any atom is -0.367 e. The standard InChI is InChI=1S/C16H25N5O/c1-13(22)21-9-3-14(11-21)10-20-7-4-15(5-8-20)19-16-2-6-17-12-18-16/h2,6,12,14-15H,3-5,7-11H2,1H3,(H,17,18,19). The highest BCUT2D eigenvalue weighted by Gasteiger charge is 2.27. The third kappa shape index (κ3) is 3.94. The van der Waals surface area contributed by atoms with Crippen LogP contribution in [0.2, 0.25) is 0 Å². The van der Waals surface area contributed by atoms with E-state index < -0.39 is 0 Å². The van der Waals surface area contributed by atoms with Gasteiger partial charge in [0.05, 0.1) is 0 Å². The maximum Gasteiger partial charge on any atom is 0.219 e. The lowest BCUT2D eigenvalue weighted by molar-refractivity contribution is -0.127. The van der Waals surface area contributed by atoms with Crippen molar-refractivity contribution in [1.82, 2.24) is 19.8 Å². The van der Waals surface area contributed by atoms with E-state index in [2.05, 4.69) is 20.2 Å². The Hall–Kier alpha value is -1.69. The highest BCUT2D eigenvalue weighted by atomic mass is 16.2. The Labute approximate surface area is 131 Å². The van der Waals surface area contributed by atoms with Crippen LogP contribution >= 0.6 is 0 Å². The molecule has 1 N–H and O–H groups in total. The summed E-state index contributed by atoms with van der Waals surface area (Å²) >= 11 is 0. The van der Waals surface area contributed by atoms with Gasteiger partial charge in [-0.2, -0.15) is 0 Å². The highest BCUT2D eigenvalue weighted by Crippen LogP contribution is 2.21. The molecule has 22 heavy (non-hydrogen) atoms. The predicted molar refractivity (Wildman–Crippen MR) is 85.5 cm³/mol. The molecule has 120 valence electrons. The monoisotopic (exact) mass is 303 g/mol. The van der Waals surface area contributed by atoms with E-state index in [0.717, 1.165) is 57.8 Å². The second-order valence-electron chi connectivity index (χ2n) is 6.43. The van der Waals surface area contributed by atoms with E-state index in [1.165, 1.54) is 0 Å². The van der Waals surface area contributed by atoms with Crippen LogP contribution in [0.5, 0.6) is 0 Å². The molecule has 6 nitrogen and oxygen atoms in total. The van der Waals surface area contributed by atoms with Gasteiger partial charge < -0.3 is 15.1 Å². The number of rotatable bonds is 4. The van der Waals surface area contributed by atoms with Gasteiger partial charge in [-0.05, 0) is 31.2 Å². The van der Waals surface area contributed by atoms with Crippen molar-refractivity contribution in [1.29, 1.82) is 0 Å². The molecular formula is C16H25N5O. The van der Waals surface area contributed by atoms with Crippen molar-refractivity contribution in [3.8, 4) is 0 Å². The van der Waals surface area contributed by atoms with Gasteiger partial charge in [-0.3, -0.25) is 4.79 Å². The Bertz CT molecular complexity index is 487. The Kier molecular flexibility index (Phi) is 4.87. The normalized spacial score (nSPS) is 23.7. The smallest absolute Gasteiger partial charge is 0.219 e. The van der Waals surface area contributed by atoms with Crippen molar-refractivity contribution < 1.29 is 4.79 Å². The molecule has 2 fully saturated rings. The van der Waals surface area contributed by atoms with Crippen molar-refractivity contribution in [2.45, 2.75) is 32.2 Å². The largest absolute Gasteiger partial charge is 0.367 e. The van der Waals surface area contributed by atoms with Gasteiger partial charge in [-0.1, -0.05) is 0 Å². The molecule has 6 heteroatoms. The molecule has 0 saturated carbocycles. The molecule has 2 aliphatic heterocycles. The zero-order valence-corrected chi connectivity index (χ0v) is 13.2. The molecule has 0 bridgehead atoms. The van der Waals surface area contributed by atoms with Crippen molar-refractivity contribution in [2.75, 3.05) is 38.0 Å². The highest BCUT2D eigenvalue weighted by molar-refractivity contribution is 5.73. The summed E-state index contributed by atoms with van der Waals surface area (Å²) in [4.78, 5) is 24.1. The maximum atomic E-state index is 11.4. The van der Waals surface area contributed by atoms with E-state index >= 15 is 0 Å². The molecule has 2 saturated heterocycles. The molecule has 1 aromatic rings. The summed E-state index contributed by atoms with van der Waals surface area (Å²) in [6, 6.07) is 2.42. The van der Waals surface area contributed by atoms with E-state index in [1.807, 2.05) is 11.0 Å². The molecule has 1 unspecified atom stereocenters. The van der Waals surface area contributed by atoms with Crippen LogP contribution in [0.15, 0.2) is 18.6 Å². The summed E-state index contributed by atoms with van der Waals surface area (Å²) in [5.74, 6) is 1.78. The average Bonchev–Trinajstić information content (AvgIpc) is 2.99. The Morgan fingerprint density at radius 2 is 2.14 bits per heavy atom. The molecule has 3 heterocycles. The minimum absolute atomic E-state index is 0.218. The van der Waals surface area contributed by atoms with Gasteiger partial charge in [0.15, 0.2) is 0 Å². The van der Waals surface area contributed by atoms with Gasteiger partial charge in [0.1, 0.15) is 12.1 Å². The first-order valence-electron chi connectivity index (χ1n) is 8.21. The number of anilines is 1. The lowest BCUT2D eigenvalue weighted by Crippen LogP contribution is -2.41. The van der Waals surface area contributed by atoms with Crippen LogP contribution in [0.1, 0.15) is 26.2 Å². The number of likely N-dealkylation sites (tertiary alicyclic amines) is 2. The van der Waals surface area contributed by atoms with E-state index in [4.69, 9.17) is 0 Å². The van der Waals surface area contributed by atoms with Gasteiger partial charge in [0.25, 0.3) is 0 Å². The van der Waals surface area contributed by atoms with Crippen LogP contribution in [-0.2, 0) is 4.79 Å². The van der Waals surface area contributed by atoms with Crippen molar-refractivity contribution in [3.05, 3.63) is 18.6 Å². The fraction of sp³-hybridized carbons (Fsp3) is 0.688. The number of aromatic nitrogens is 2. The number of amides is 1. The molecule has 1 amide bonds. The summed E-state index contributed by atoms with van der Waals surface area (Å²) in [5.41, 5.74) is 0. The molecule has 3 rings (SSSR count). The van der Waals surface area contributed by atoms with E-state index in [-0.39, 0.29) is 5.91 Å². The topological polar surface area (TPSA) is 61.4 Å². The fourth-order valence-electron chi connectivity index (χ4n) is 3.48. The zero-order valence-electron chi connectivity index (χ0n) is 13.2. The molecule has 0 aromatic carbocycles. The van der Waals surface area contributed by atoms with E-state index in [9.17, 15) is 4.79 Å². The lowest BCUT2D eigenvalue weighted by atomic mass is 10.0. The van der Waals surface area contributed by atoms with Crippen LogP contribution in [0.3, 0.4) is 0 Å². The number of nitrogens with zero attached hydrogens (tertiary/aromatic N) is 4. The van der Waals surface area contributed by atoms with Crippen LogP contribution in [-0.4, -0.2) is 64.4 Å². The molecule has 0 radical (unpaired) electrons. The number of nitrogens with one attached hydrogen (secondary N) is 1. The first-order valence-corrected chi connectivity index (χ1v) is 8.21. The second-order valence-corrected chi connectivity index (χ2v) is 6.43. The first kappa shape index (κ1) is 15.2.